The van der Waals surface area contributed by atoms with E-state index >= 15 is 0 Å². The van der Waals surface area contributed by atoms with Gasteiger partial charge in [0, 0.05) is 17.9 Å². The van der Waals surface area contributed by atoms with Crippen molar-refractivity contribution in [3.8, 4) is 17.1 Å². The Kier molecular flexibility index (Phi) is 5.42. The molecule has 1 aromatic heterocycles. The van der Waals surface area contributed by atoms with Crippen LogP contribution in [0.25, 0.3) is 11.4 Å². The summed E-state index contributed by atoms with van der Waals surface area (Å²) < 4.78 is 5.71. The van der Waals surface area contributed by atoms with Crippen molar-refractivity contribution >= 4 is 11.7 Å². The molecule has 3 aromatic rings. The molecule has 1 amide bonds. The first-order chi connectivity index (χ1) is 14.2. The lowest BCUT2D eigenvalue weighted by Gasteiger charge is -2.24. The van der Waals surface area contributed by atoms with Gasteiger partial charge in [-0.1, -0.05) is 55.8 Å². The summed E-state index contributed by atoms with van der Waals surface area (Å²) in [5, 5.41) is 2.76. The number of carbonyl (C=O) groups is 1. The Morgan fingerprint density at radius 3 is 2.55 bits per heavy atom. The molecule has 1 aliphatic rings. The van der Waals surface area contributed by atoms with Gasteiger partial charge in [-0.25, -0.2) is 4.98 Å². The van der Waals surface area contributed by atoms with Crippen LogP contribution in [0.15, 0.2) is 59.4 Å². The van der Waals surface area contributed by atoms with Crippen molar-refractivity contribution < 1.29 is 9.53 Å². The molecule has 2 aromatic carbocycles. The highest BCUT2D eigenvalue weighted by Crippen LogP contribution is 2.35. The molecule has 2 N–H and O–H groups in total. The third-order valence-corrected chi connectivity index (χ3v) is 5.05. The Morgan fingerprint density at radius 1 is 1.07 bits per heavy atom. The first kappa shape index (κ1) is 18.9. The van der Waals surface area contributed by atoms with Crippen molar-refractivity contribution in [3.05, 3.63) is 76.1 Å². The van der Waals surface area contributed by atoms with E-state index in [1.807, 2.05) is 54.6 Å². The lowest BCUT2D eigenvalue weighted by Crippen LogP contribution is -2.31. The molecule has 0 unspecified atom stereocenters. The molecule has 6 nitrogen and oxygen atoms in total. The molecule has 0 saturated heterocycles. The van der Waals surface area contributed by atoms with Gasteiger partial charge >= 0.3 is 0 Å². The molecule has 148 valence electrons. The Balaban J connectivity index is 1.67. The molecular weight excluding hydrogens is 366 g/mol. The average Bonchev–Trinajstić information content (AvgIpc) is 2.74. The molecule has 0 fully saturated rings. The Labute approximate surface area is 169 Å². The van der Waals surface area contributed by atoms with Crippen molar-refractivity contribution in [1.29, 1.82) is 0 Å². The Hall–Kier alpha value is -3.41. The van der Waals surface area contributed by atoms with Crippen molar-refractivity contribution in [2.75, 3.05) is 11.9 Å². The van der Waals surface area contributed by atoms with Gasteiger partial charge in [-0.15, -0.1) is 0 Å². The third kappa shape index (κ3) is 4.06. The fourth-order valence-corrected chi connectivity index (χ4v) is 3.52. The van der Waals surface area contributed by atoms with E-state index in [0.29, 0.717) is 23.8 Å². The van der Waals surface area contributed by atoms with Crippen LogP contribution in [0, 0.1) is 0 Å². The summed E-state index contributed by atoms with van der Waals surface area (Å²) in [6, 6.07) is 17.0. The van der Waals surface area contributed by atoms with Gasteiger partial charge in [-0.3, -0.25) is 9.59 Å². The molecule has 0 saturated carbocycles. The van der Waals surface area contributed by atoms with E-state index in [0.717, 1.165) is 29.7 Å². The number of benzene rings is 2. The molecular formula is C23H23N3O3. The topological polar surface area (TPSA) is 84.1 Å². The van der Waals surface area contributed by atoms with Crippen LogP contribution in [0.3, 0.4) is 0 Å². The number of amides is 1. The number of hydrogen-bond acceptors (Lipinski definition) is 4. The van der Waals surface area contributed by atoms with Crippen LogP contribution in [0.1, 0.15) is 43.2 Å². The summed E-state index contributed by atoms with van der Waals surface area (Å²) in [7, 11) is 0. The zero-order valence-corrected chi connectivity index (χ0v) is 16.3. The van der Waals surface area contributed by atoms with E-state index < -0.39 is 0 Å². The van der Waals surface area contributed by atoms with E-state index in [1.54, 1.807) is 0 Å². The number of hydrogen-bond donors (Lipinski definition) is 2. The standard InChI is InChI=1S/C23H23N3O3/c1-2-3-13-29-17-11-9-15(10-12-17)18-14-19(27)24-22-20(18)23(28)26-21(25-22)16-7-5-4-6-8-16/h4-12,18H,2-3,13-14H2,1H3,(H2,24,25,26,27,28)/t18-/m0/s1. The quantitative estimate of drug-likeness (QED) is 0.622. The van der Waals surface area contributed by atoms with Gasteiger partial charge in [0.1, 0.15) is 17.4 Å². The number of H-pyrrole nitrogens is 1. The number of ether oxygens (including phenoxy) is 1. The largest absolute Gasteiger partial charge is 0.494 e. The number of nitrogens with one attached hydrogen (secondary N) is 2. The minimum atomic E-state index is -0.343. The third-order valence-electron chi connectivity index (χ3n) is 5.05. The first-order valence-electron chi connectivity index (χ1n) is 9.88. The Bertz CT molecular complexity index is 1060. The zero-order chi connectivity index (χ0) is 20.2. The van der Waals surface area contributed by atoms with Crippen LogP contribution in [-0.4, -0.2) is 22.5 Å². The van der Waals surface area contributed by atoms with Crippen LogP contribution in [-0.2, 0) is 4.79 Å². The number of carbonyl (C=O) groups excluding carboxylic acids is 1. The highest BCUT2D eigenvalue weighted by atomic mass is 16.5. The van der Waals surface area contributed by atoms with Crippen molar-refractivity contribution in [1.82, 2.24) is 9.97 Å². The molecule has 0 spiro atoms. The summed E-state index contributed by atoms with van der Waals surface area (Å²) in [6.45, 7) is 2.79. The minimum Gasteiger partial charge on any atom is -0.494 e. The normalized spacial score (nSPS) is 15.5. The van der Waals surface area contributed by atoms with Crippen molar-refractivity contribution in [2.24, 2.45) is 0 Å². The molecule has 1 aliphatic heterocycles. The van der Waals surface area contributed by atoms with Crippen LogP contribution in [0.4, 0.5) is 5.82 Å². The van der Waals surface area contributed by atoms with Gasteiger partial charge in [0.25, 0.3) is 5.56 Å². The van der Waals surface area contributed by atoms with Gasteiger partial charge in [0.15, 0.2) is 0 Å². The maximum atomic E-state index is 12.9. The summed E-state index contributed by atoms with van der Waals surface area (Å²) in [5.74, 6) is 1.06. The van der Waals surface area contributed by atoms with Crippen LogP contribution >= 0.6 is 0 Å². The average molecular weight is 389 g/mol. The van der Waals surface area contributed by atoms with Crippen molar-refractivity contribution in [3.63, 3.8) is 0 Å². The van der Waals surface area contributed by atoms with Gasteiger partial charge in [-0.05, 0) is 24.1 Å². The molecule has 4 rings (SSSR count). The van der Waals surface area contributed by atoms with Crippen LogP contribution in [0.2, 0.25) is 0 Å². The lowest BCUT2D eigenvalue weighted by molar-refractivity contribution is -0.116. The molecule has 0 bridgehead atoms. The highest BCUT2D eigenvalue weighted by molar-refractivity contribution is 5.94. The SMILES string of the molecule is CCCCOc1ccc([C@@H]2CC(=O)Nc3nc(-c4ccccc4)[nH]c(=O)c32)cc1. The van der Waals surface area contributed by atoms with E-state index in [4.69, 9.17) is 4.74 Å². The summed E-state index contributed by atoms with van der Waals surface area (Å²) >= 11 is 0. The Morgan fingerprint density at radius 2 is 1.83 bits per heavy atom. The maximum absolute atomic E-state index is 12.9. The van der Waals surface area contributed by atoms with E-state index in [9.17, 15) is 9.59 Å². The van der Waals surface area contributed by atoms with E-state index in [-0.39, 0.29) is 23.8 Å². The molecule has 2 heterocycles. The fourth-order valence-electron chi connectivity index (χ4n) is 3.52. The molecule has 29 heavy (non-hydrogen) atoms. The summed E-state index contributed by atoms with van der Waals surface area (Å²) in [6.07, 6.45) is 2.29. The van der Waals surface area contributed by atoms with E-state index in [2.05, 4.69) is 22.2 Å². The predicted molar refractivity (Wildman–Crippen MR) is 112 cm³/mol. The monoisotopic (exact) mass is 389 g/mol. The van der Waals surface area contributed by atoms with Crippen LogP contribution < -0.4 is 15.6 Å². The van der Waals surface area contributed by atoms with Crippen LogP contribution in [0.5, 0.6) is 5.75 Å². The van der Waals surface area contributed by atoms with E-state index in [1.165, 1.54) is 0 Å². The second-order valence-corrected chi connectivity index (χ2v) is 7.12. The fraction of sp³-hybridized carbons (Fsp3) is 0.261. The second-order valence-electron chi connectivity index (χ2n) is 7.12. The van der Waals surface area contributed by atoms with Gasteiger partial charge in [-0.2, -0.15) is 0 Å². The van der Waals surface area contributed by atoms with Crippen molar-refractivity contribution in [2.45, 2.75) is 32.1 Å². The summed E-state index contributed by atoms with van der Waals surface area (Å²) in [5.41, 5.74) is 1.94. The molecule has 6 heteroatoms. The van der Waals surface area contributed by atoms with Gasteiger partial charge < -0.3 is 15.0 Å². The number of anilines is 1. The van der Waals surface area contributed by atoms with Gasteiger partial charge in [0.2, 0.25) is 5.91 Å². The predicted octanol–water partition coefficient (Wildman–Crippen LogP) is 4.09. The first-order valence-corrected chi connectivity index (χ1v) is 9.88. The minimum absolute atomic E-state index is 0.150. The van der Waals surface area contributed by atoms with Gasteiger partial charge in [0.05, 0.1) is 12.2 Å². The lowest BCUT2D eigenvalue weighted by atomic mass is 9.87. The summed E-state index contributed by atoms with van der Waals surface area (Å²) in [4.78, 5) is 32.6. The number of unbranched alkanes of at least 4 members (excludes halogenated alkanes) is 1. The zero-order valence-electron chi connectivity index (χ0n) is 16.3. The maximum Gasteiger partial charge on any atom is 0.257 e. The number of rotatable bonds is 6. The second kappa shape index (κ2) is 8.31. The molecule has 0 aliphatic carbocycles. The number of fused-ring (bicyclic) bond motifs is 1. The molecule has 1 atom stereocenters. The number of aromatic nitrogens is 2. The smallest absolute Gasteiger partial charge is 0.257 e. The number of nitrogens with zero attached hydrogens (tertiary/aromatic N) is 1. The number of aromatic amines is 1. The molecule has 0 radical (unpaired) electrons. The highest BCUT2D eigenvalue weighted by Gasteiger charge is 2.31.